The minimum atomic E-state index is -0.485. The normalized spacial score (nSPS) is 12.0. The van der Waals surface area contributed by atoms with Crippen LogP contribution >= 0.6 is 0 Å². The molecule has 0 aliphatic rings. The molecule has 2 aromatic rings. The number of anilines is 2. The lowest BCUT2D eigenvalue weighted by atomic mass is 10.1. The van der Waals surface area contributed by atoms with Gasteiger partial charge in [-0.2, -0.15) is 5.26 Å². The van der Waals surface area contributed by atoms with E-state index in [0.717, 1.165) is 11.3 Å². The molecule has 2 aromatic carbocycles. The summed E-state index contributed by atoms with van der Waals surface area (Å²) in [5.74, 6) is 0.286. The zero-order valence-corrected chi connectivity index (χ0v) is 14.1. The first-order valence-electron chi connectivity index (χ1n) is 7.70. The molecule has 1 amide bonds. The highest BCUT2D eigenvalue weighted by molar-refractivity contribution is 6.06. The first kappa shape index (κ1) is 17.9. The Balaban J connectivity index is 2.01. The minimum absolute atomic E-state index is 0.0165. The van der Waals surface area contributed by atoms with E-state index in [1.54, 1.807) is 31.4 Å². The van der Waals surface area contributed by atoms with Gasteiger partial charge in [-0.1, -0.05) is 12.1 Å². The Morgan fingerprint density at radius 2 is 1.84 bits per heavy atom. The minimum Gasteiger partial charge on any atom is -0.497 e. The van der Waals surface area contributed by atoms with Gasteiger partial charge in [0, 0.05) is 23.6 Å². The maximum atomic E-state index is 12.2. The quantitative estimate of drug-likeness (QED) is 0.428. The van der Waals surface area contributed by atoms with Crippen LogP contribution in [0.1, 0.15) is 18.5 Å². The third kappa shape index (κ3) is 5.01. The van der Waals surface area contributed by atoms with Gasteiger partial charge < -0.3 is 21.1 Å². The van der Waals surface area contributed by atoms with Crippen molar-refractivity contribution in [1.82, 2.24) is 5.32 Å². The summed E-state index contributed by atoms with van der Waals surface area (Å²) in [7, 11) is 1.61. The number of ether oxygens (including phenoxy) is 1. The lowest BCUT2D eigenvalue weighted by Gasteiger charge is -2.13. The molecule has 0 aliphatic heterocycles. The molecule has 2 rings (SSSR count). The Morgan fingerprint density at radius 1 is 1.20 bits per heavy atom. The van der Waals surface area contributed by atoms with Crippen LogP contribution in [0.15, 0.2) is 60.3 Å². The Morgan fingerprint density at radius 3 is 2.40 bits per heavy atom. The number of nitrogen functional groups attached to an aromatic ring is 1. The standard InChI is InChI=1S/C19H20N4O2/c1-13(14-3-9-18(25-2)10-4-14)22-12-15(11-20)19(24)23-17-7-5-16(21)6-8-17/h3-10,12-13,22H,21H2,1-2H3,(H,23,24)/b15-12-. The summed E-state index contributed by atoms with van der Waals surface area (Å²) in [6.07, 6.45) is 1.42. The fraction of sp³-hybridized carbons (Fsp3) is 0.158. The number of nitriles is 1. The van der Waals surface area contributed by atoms with E-state index in [1.807, 2.05) is 37.3 Å². The monoisotopic (exact) mass is 336 g/mol. The second-order valence-corrected chi connectivity index (χ2v) is 5.41. The predicted molar refractivity (Wildman–Crippen MR) is 97.7 cm³/mol. The van der Waals surface area contributed by atoms with Crippen LogP contribution in [0.25, 0.3) is 0 Å². The number of hydrogen-bond donors (Lipinski definition) is 3. The highest BCUT2D eigenvalue weighted by atomic mass is 16.5. The van der Waals surface area contributed by atoms with Gasteiger partial charge in [0.15, 0.2) is 0 Å². The van der Waals surface area contributed by atoms with E-state index >= 15 is 0 Å². The molecule has 0 radical (unpaired) electrons. The number of methoxy groups -OCH3 is 1. The molecule has 0 saturated carbocycles. The molecular weight excluding hydrogens is 316 g/mol. The fourth-order valence-electron chi connectivity index (χ4n) is 2.11. The molecule has 25 heavy (non-hydrogen) atoms. The number of carbonyl (C=O) groups excluding carboxylic acids is 1. The van der Waals surface area contributed by atoms with Crippen molar-refractivity contribution in [3.63, 3.8) is 0 Å². The van der Waals surface area contributed by atoms with E-state index in [1.165, 1.54) is 6.20 Å². The van der Waals surface area contributed by atoms with Crippen molar-refractivity contribution in [1.29, 1.82) is 5.26 Å². The second kappa shape index (κ2) is 8.41. The van der Waals surface area contributed by atoms with Gasteiger partial charge >= 0.3 is 0 Å². The maximum Gasteiger partial charge on any atom is 0.267 e. The van der Waals surface area contributed by atoms with Crippen LogP contribution in [-0.4, -0.2) is 13.0 Å². The van der Waals surface area contributed by atoms with Crippen LogP contribution < -0.4 is 21.1 Å². The van der Waals surface area contributed by atoms with Gasteiger partial charge in [-0.25, -0.2) is 0 Å². The topological polar surface area (TPSA) is 100 Å². The first-order valence-corrected chi connectivity index (χ1v) is 7.70. The second-order valence-electron chi connectivity index (χ2n) is 5.41. The lowest BCUT2D eigenvalue weighted by molar-refractivity contribution is -0.112. The molecule has 0 bridgehead atoms. The van der Waals surface area contributed by atoms with E-state index in [4.69, 9.17) is 10.5 Å². The number of benzene rings is 2. The van der Waals surface area contributed by atoms with Gasteiger partial charge in [-0.3, -0.25) is 4.79 Å². The maximum absolute atomic E-state index is 12.2. The van der Waals surface area contributed by atoms with E-state index in [2.05, 4.69) is 10.6 Å². The highest BCUT2D eigenvalue weighted by Crippen LogP contribution is 2.17. The average Bonchev–Trinajstić information content (AvgIpc) is 2.64. The number of hydrogen-bond acceptors (Lipinski definition) is 5. The molecule has 4 N–H and O–H groups in total. The molecule has 6 heteroatoms. The highest BCUT2D eigenvalue weighted by Gasteiger charge is 2.10. The average molecular weight is 336 g/mol. The summed E-state index contributed by atoms with van der Waals surface area (Å²) in [6.45, 7) is 1.94. The number of rotatable bonds is 6. The molecule has 0 saturated heterocycles. The molecule has 0 aromatic heterocycles. The van der Waals surface area contributed by atoms with Crippen molar-refractivity contribution in [2.24, 2.45) is 0 Å². The summed E-state index contributed by atoms with van der Waals surface area (Å²) in [4.78, 5) is 12.2. The van der Waals surface area contributed by atoms with Crippen LogP contribution in [0.4, 0.5) is 11.4 Å². The summed E-state index contributed by atoms with van der Waals surface area (Å²) >= 11 is 0. The summed E-state index contributed by atoms with van der Waals surface area (Å²) in [5.41, 5.74) is 7.77. The Kier molecular flexibility index (Phi) is 6.02. The van der Waals surface area contributed by atoms with Crippen molar-refractivity contribution in [2.45, 2.75) is 13.0 Å². The number of nitrogens with two attached hydrogens (primary N) is 1. The SMILES string of the molecule is COc1ccc(C(C)N/C=C(/C#N)C(=O)Nc2ccc(N)cc2)cc1. The van der Waals surface area contributed by atoms with E-state index < -0.39 is 5.91 Å². The van der Waals surface area contributed by atoms with E-state index in [-0.39, 0.29) is 11.6 Å². The molecule has 1 atom stereocenters. The van der Waals surface area contributed by atoms with Crippen LogP contribution in [0.5, 0.6) is 5.75 Å². The number of carbonyl (C=O) groups is 1. The molecule has 1 unspecified atom stereocenters. The Hall–Kier alpha value is -3.46. The fourth-order valence-corrected chi connectivity index (χ4v) is 2.11. The molecule has 128 valence electrons. The molecular formula is C19H20N4O2. The third-order valence-electron chi connectivity index (χ3n) is 3.63. The van der Waals surface area contributed by atoms with Crippen molar-refractivity contribution in [3.8, 4) is 11.8 Å². The lowest BCUT2D eigenvalue weighted by Crippen LogP contribution is -2.18. The smallest absolute Gasteiger partial charge is 0.267 e. The van der Waals surface area contributed by atoms with Crippen LogP contribution in [0.3, 0.4) is 0 Å². The summed E-state index contributed by atoms with van der Waals surface area (Å²) < 4.78 is 5.12. The summed E-state index contributed by atoms with van der Waals surface area (Å²) in [6, 6.07) is 16.1. The van der Waals surface area contributed by atoms with Gasteiger partial charge in [0.05, 0.1) is 7.11 Å². The van der Waals surface area contributed by atoms with Gasteiger partial charge in [0.1, 0.15) is 17.4 Å². The number of nitrogens with one attached hydrogen (secondary N) is 2. The molecule has 6 nitrogen and oxygen atoms in total. The molecule has 0 heterocycles. The molecule has 0 fully saturated rings. The largest absolute Gasteiger partial charge is 0.497 e. The van der Waals surface area contributed by atoms with Crippen molar-refractivity contribution in [3.05, 3.63) is 65.9 Å². The van der Waals surface area contributed by atoms with Gasteiger partial charge in [-0.15, -0.1) is 0 Å². The molecule has 0 aliphatic carbocycles. The number of nitrogens with zero attached hydrogens (tertiary/aromatic N) is 1. The van der Waals surface area contributed by atoms with E-state index in [9.17, 15) is 10.1 Å². The van der Waals surface area contributed by atoms with Gasteiger partial charge in [0.25, 0.3) is 5.91 Å². The van der Waals surface area contributed by atoms with Crippen LogP contribution in [0.2, 0.25) is 0 Å². The summed E-state index contributed by atoms with van der Waals surface area (Å²) in [5, 5.41) is 14.9. The zero-order chi connectivity index (χ0) is 18.2. The van der Waals surface area contributed by atoms with Crippen LogP contribution in [0, 0.1) is 11.3 Å². The third-order valence-corrected chi connectivity index (χ3v) is 3.63. The van der Waals surface area contributed by atoms with Crippen molar-refractivity contribution in [2.75, 3.05) is 18.2 Å². The molecule has 0 spiro atoms. The van der Waals surface area contributed by atoms with Gasteiger partial charge in [-0.05, 0) is 48.9 Å². The predicted octanol–water partition coefficient (Wildman–Crippen LogP) is 2.97. The Bertz CT molecular complexity index is 790. The number of amides is 1. The van der Waals surface area contributed by atoms with Gasteiger partial charge in [0.2, 0.25) is 0 Å². The first-order chi connectivity index (χ1) is 12.0. The van der Waals surface area contributed by atoms with Crippen molar-refractivity contribution < 1.29 is 9.53 Å². The van der Waals surface area contributed by atoms with E-state index in [0.29, 0.717) is 11.4 Å². The van der Waals surface area contributed by atoms with Crippen molar-refractivity contribution >= 4 is 17.3 Å². The zero-order valence-electron chi connectivity index (χ0n) is 14.1. The Labute approximate surface area is 146 Å². The van der Waals surface area contributed by atoms with Crippen LogP contribution in [-0.2, 0) is 4.79 Å².